The summed E-state index contributed by atoms with van der Waals surface area (Å²) in [4.78, 5) is 4.93. The molecule has 1 N–H and O–H groups in total. The van der Waals surface area contributed by atoms with Crippen LogP contribution in [0.2, 0.25) is 0 Å². The quantitative estimate of drug-likeness (QED) is 0.735. The minimum atomic E-state index is -0.438. The number of benzene rings is 2. The Bertz CT molecular complexity index is 839. The van der Waals surface area contributed by atoms with Crippen LogP contribution in [0.25, 0.3) is 10.1 Å². The summed E-state index contributed by atoms with van der Waals surface area (Å²) in [5.74, 6) is 0. The van der Waals surface area contributed by atoms with Gasteiger partial charge in [0.2, 0.25) is 0 Å². The third kappa shape index (κ3) is 3.69. The van der Waals surface area contributed by atoms with Gasteiger partial charge in [0.05, 0.1) is 6.10 Å². The summed E-state index contributed by atoms with van der Waals surface area (Å²) < 4.78 is 1.25. The predicted molar refractivity (Wildman–Crippen MR) is 110 cm³/mol. The summed E-state index contributed by atoms with van der Waals surface area (Å²) in [7, 11) is 0. The zero-order chi connectivity index (χ0) is 17.9. The van der Waals surface area contributed by atoms with E-state index in [2.05, 4.69) is 76.7 Å². The molecule has 1 fully saturated rings. The van der Waals surface area contributed by atoms with Crippen molar-refractivity contribution in [2.45, 2.75) is 25.6 Å². The van der Waals surface area contributed by atoms with E-state index in [-0.39, 0.29) is 6.04 Å². The Labute approximate surface area is 159 Å². The molecule has 0 saturated carbocycles. The van der Waals surface area contributed by atoms with Crippen LogP contribution in [0.15, 0.2) is 60.0 Å². The summed E-state index contributed by atoms with van der Waals surface area (Å²) in [6.45, 7) is 7.29. The lowest BCUT2D eigenvalue weighted by atomic mass is 10.0. The first kappa shape index (κ1) is 17.7. The zero-order valence-corrected chi connectivity index (χ0v) is 16.0. The van der Waals surface area contributed by atoms with Gasteiger partial charge in [-0.25, -0.2) is 0 Å². The Morgan fingerprint density at radius 3 is 2.42 bits per heavy atom. The fraction of sp³-hybridized carbons (Fsp3) is 0.364. The molecular formula is C22H26N2OS. The number of rotatable bonds is 5. The third-order valence-electron chi connectivity index (χ3n) is 5.52. The molecule has 0 radical (unpaired) electrons. The van der Waals surface area contributed by atoms with Crippen LogP contribution >= 0.6 is 11.3 Å². The zero-order valence-electron chi connectivity index (χ0n) is 15.2. The largest absolute Gasteiger partial charge is 0.387 e. The van der Waals surface area contributed by atoms with E-state index in [9.17, 15) is 5.11 Å². The molecule has 2 unspecified atom stereocenters. The van der Waals surface area contributed by atoms with Crippen molar-refractivity contribution < 1.29 is 5.11 Å². The standard InChI is InChI=1S/C22H26N2OS/c1-17(22(25)20-16-26-21-10-6-5-9-19(20)21)24-13-11-23(12-14-24)15-18-7-3-2-4-8-18/h2-10,16-17,22,25H,11-15H2,1H3. The van der Waals surface area contributed by atoms with E-state index in [1.165, 1.54) is 15.6 Å². The molecule has 1 aliphatic heterocycles. The number of hydrogen-bond acceptors (Lipinski definition) is 4. The highest BCUT2D eigenvalue weighted by Crippen LogP contribution is 2.33. The molecule has 1 saturated heterocycles. The first-order valence-corrected chi connectivity index (χ1v) is 10.2. The van der Waals surface area contributed by atoms with Crippen molar-refractivity contribution in [3.05, 3.63) is 71.1 Å². The van der Waals surface area contributed by atoms with Gasteiger partial charge in [0.1, 0.15) is 0 Å². The molecule has 4 heteroatoms. The third-order valence-corrected chi connectivity index (χ3v) is 6.50. The number of hydrogen-bond donors (Lipinski definition) is 1. The molecule has 0 spiro atoms. The lowest BCUT2D eigenvalue weighted by Crippen LogP contribution is -2.50. The monoisotopic (exact) mass is 366 g/mol. The molecule has 0 bridgehead atoms. The van der Waals surface area contributed by atoms with Crippen LogP contribution < -0.4 is 0 Å². The Balaban J connectivity index is 1.38. The van der Waals surface area contributed by atoms with Crippen LogP contribution in [-0.2, 0) is 6.54 Å². The number of fused-ring (bicyclic) bond motifs is 1. The summed E-state index contributed by atoms with van der Waals surface area (Å²) >= 11 is 1.72. The van der Waals surface area contributed by atoms with E-state index in [0.29, 0.717) is 0 Å². The molecule has 2 heterocycles. The summed E-state index contributed by atoms with van der Waals surface area (Å²) in [6.07, 6.45) is -0.438. The maximum atomic E-state index is 11.0. The second kappa shape index (κ2) is 7.89. The van der Waals surface area contributed by atoms with Crippen molar-refractivity contribution in [2.75, 3.05) is 26.2 Å². The van der Waals surface area contributed by atoms with Crippen molar-refractivity contribution in [3.8, 4) is 0 Å². The molecule has 136 valence electrons. The van der Waals surface area contributed by atoms with Crippen molar-refractivity contribution in [1.82, 2.24) is 9.80 Å². The molecule has 1 aromatic heterocycles. The SMILES string of the molecule is CC(C(O)c1csc2ccccc12)N1CCN(Cc2ccccc2)CC1. The molecule has 4 rings (SSSR count). The number of piperazine rings is 1. The van der Waals surface area contributed by atoms with Gasteiger partial charge in [-0.05, 0) is 29.3 Å². The number of thiophene rings is 1. The van der Waals surface area contributed by atoms with Crippen LogP contribution in [0.3, 0.4) is 0 Å². The molecule has 26 heavy (non-hydrogen) atoms. The Morgan fingerprint density at radius 2 is 1.65 bits per heavy atom. The van der Waals surface area contributed by atoms with E-state index in [0.717, 1.165) is 38.3 Å². The van der Waals surface area contributed by atoms with Gasteiger partial charge in [0.15, 0.2) is 0 Å². The molecule has 3 aromatic rings. The Hall–Kier alpha value is -1.72. The minimum absolute atomic E-state index is 0.131. The fourth-order valence-corrected chi connectivity index (χ4v) is 4.85. The highest BCUT2D eigenvalue weighted by atomic mass is 32.1. The normalized spacial score (nSPS) is 18.8. The van der Waals surface area contributed by atoms with E-state index in [1.54, 1.807) is 11.3 Å². The molecule has 3 nitrogen and oxygen atoms in total. The molecule has 0 amide bonds. The molecule has 2 aromatic carbocycles. The first-order valence-electron chi connectivity index (χ1n) is 9.37. The number of aliphatic hydroxyl groups excluding tert-OH is 1. The second-order valence-electron chi connectivity index (χ2n) is 7.17. The highest BCUT2D eigenvalue weighted by Gasteiger charge is 2.28. The number of aliphatic hydroxyl groups is 1. The lowest BCUT2D eigenvalue weighted by Gasteiger charge is -2.39. The van der Waals surface area contributed by atoms with Gasteiger partial charge in [-0.2, -0.15) is 0 Å². The number of nitrogens with zero attached hydrogens (tertiary/aromatic N) is 2. The van der Waals surface area contributed by atoms with Crippen molar-refractivity contribution in [1.29, 1.82) is 0 Å². The summed E-state index contributed by atoms with van der Waals surface area (Å²) in [5.41, 5.74) is 2.45. The van der Waals surface area contributed by atoms with E-state index in [4.69, 9.17) is 0 Å². The predicted octanol–water partition coefficient (Wildman–Crippen LogP) is 4.14. The van der Waals surface area contributed by atoms with Gasteiger partial charge in [-0.3, -0.25) is 9.80 Å². The topological polar surface area (TPSA) is 26.7 Å². The smallest absolute Gasteiger partial charge is 0.0956 e. The summed E-state index contributed by atoms with van der Waals surface area (Å²) in [6, 6.07) is 19.2. The van der Waals surface area contributed by atoms with Gasteiger partial charge in [-0.15, -0.1) is 11.3 Å². The van der Waals surface area contributed by atoms with E-state index < -0.39 is 6.10 Å². The molecular weight excluding hydrogens is 340 g/mol. The minimum Gasteiger partial charge on any atom is -0.387 e. The Morgan fingerprint density at radius 1 is 0.962 bits per heavy atom. The van der Waals surface area contributed by atoms with Gasteiger partial charge >= 0.3 is 0 Å². The average Bonchev–Trinajstić information content (AvgIpc) is 3.12. The summed E-state index contributed by atoms with van der Waals surface area (Å²) in [5, 5.41) is 14.3. The van der Waals surface area contributed by atoms with Gasteiger partial charge in [0.25, 0.3) is 0 Å². The van der Waals surface area contributed by atoms with Crippen LogP contribution in [0.5, 0.6) is 0 Å². The second-order valence-corrected chi connectivity index (χ2v) is 8.08. The van der Waals surface area contributed by atoms with E-state index in [1.807, 2.05) is 0 Å². The van der Waals surface area contributed by atoms with Crippen LogP contribution in [0.4, 0.5) is 0 Å². The van der Waals surface area contributed by atoms with Crippen molar-refractivity contribution in [2.24, 2.45) is 0 Å². The van der Waals surface area contributed by atoms with Crippen LogP contribution in [-0.4, -0.2) is 47.1 Å². The van der Waals surface area contributed by atoms with Gasteiger partial charge in [0, 0.05) is 49.0 Å². The fourth-order valence-electron chi connectivity index (χ4n) is 3.86. The molecule has 1 aliphatic rings. The van der Waals surface area contributed by atoms with E-state index >= 15 is 0 Å². The molecule has 2 atom stereocenters. The first-order chi connectivity index (χ1) is 12.7. The van der Waals surface area contributed by atoms with Gasteiger partial charge in [-0.1, -0.05) is 48.5 Å². The van der Waals surface area contributed by atoms with Crippen molar-refractivity contribution >= 4 is 21.4 Å². The molecule has 0 aliphatic carbocycles. The highest BCUT2D eigenvalue weighted by molar-refractivity contribution is 7.17. The maximum Gasteiger partial charge on any atom is 0.0956 e. The maximum absolute atomic E-state index is 11.0. The van der Waals surface area contributed by atoms with Crippen LogP contribution in [0.1, 0.15) is 24.2 Å². The van der Waals surface area contributed by atoms with Crippen molar-refractivity contribution in [3.63, 3.8) is 0 Å². The Kier molecular flexibility index (Phi) is 5.36. The van der Waals surface area contributed by atoms with Crippen LogP contribution in [0, 0.1) is 0 Å². The van der Waals surface area contributed by atoms with Gasteiger partial charge < -0.3 is 5.11 Å². The lowest BCUT2D eigenvalue weighted by molar-refractivity contribution is 0.0253. The average molecular weight is 367 g/mol.